The number of amides is 2. The van der Waals surface area contributed by atoms with Crippen molar-refractivity contribution < 1.29 is 39.5 Å². The van der Waals surface area contributed by atoms with E-state index in [4.69, 9.17) is 9.84 Å². The number of carboxylic acid groups (broad SMARTS) is 1. The minimum Gasteiger partial charge on any atom is -0.478 e. The SMILES string of the molecule is CC(=O)N[C@@H]1C(O)C=C(C(=O)O)OC1[C@@H](O)[C@@H](O)CNC(=O)C1CCCCC1. The molecule has 10 heteroatoms. The van der Waals surface area contributed by atoms with Crippen molar-refractivity contribution in [1.82, 2.24) is 10.6 Å². The second-order valence-corrected chi connectivity index (χ2v) is 7.27. The van der Waals surface area contributed by atoms with Crippen molar-refractivity contribution in [2.24, 2.45) is 5.92 Å². The van der Waals surface area contributed by atoms with E-state index in [1.54, 1.807) is 0 Å². The number of carboxylic acids is 1. The third-order valence-electron chi connectivity index (χ3n) is 5.08. The number of rotatable bonds is 7. The number of carbonyl (C=O) groups is 3. The summed E-state index contributed by atoms with van der Waals surface area (Å²) < 4.78 is 5.20. The van der Waals surface area contributed by atoms with Crippen molar-refractivity contribution >= 4 is 17.8 Å². The molecule has 0 bridgehead atoms. The molecule has 2 rings (SSSR count). The molecule has 0 aromatic rings. The lowest BCUT2D eigenvalue weighted by atomic mass is 9.88. The predicted octanol–water partition coefficient (Wildman–Crippen LogP) is -1.36. The molecule has 1 aliphatic heterocycles. The molecule has 1 heterocycles. The Morgan fingerprint density at radius 3 is 2.43 bits per heavy atom. The Morgan fingerprint density at radius 1 is 1.21 bits per heavy atom. The number of nitrogens with one attached hydrogen (secondary N) is 2. The Hall–Kier alpha value is -2.17. The summed E-state index contributed by atoms with van der Waals surface area (Å²) in [5.41, 5.74) is 0. The smallest absolute Gasteiger partial charge is 0.370 e. The molecule has 1 fully saturated rings. The summed E-state index contributed by atoms with van der Waals surface area (Å²) in [6.45, 7) is 0.915. The largest absolute Gasteiger partial charge is 0.478 e. The van der Waals surface area contributed by atoms with Gasteiger partial charge in [-0.05, 0) is 18.9 Å². The van der Waals surface area contributed by atoms with E-state index in [1.165, 1.54) is 6.92 Å². The highest BCUT2D eigenvalue weighted by molar-refractivity contribution is 5.84. The number of hydrogen-bond acceptors (Lipinski definition) is 7. The van der Waals surface area contributed by atoms with Gasteiger partial charge in [0.25, 0.3) is 0 Å². The Labute approximate surface area is 162 Å². The van der Waals surface area contributed by atoms with Crippen LogP contribution in [0.4, 0.5) is 0 Å². The normalized spacial score (nSPS) is 27.7. The summed E-state index contributed by atoms with van der Waals surface area (Å²) >= 11 is 0. The van der Waals surface area contributed by atoms with Crippen LogP contribution in [0.5, 0.6) is 0 Å². The van der Waals surface area contributed by atoms with Gasteiger partial charge in [-0.3, -0.25) is 9.59 Å². The Kier molecular flexibility index (Phi) is 7.78. The summed E-state index contributed by atoms with van der Waals surface area (Å²) in [6.07, 6.45) is -0.516. The van der Waals surface area contributed by atoms with Gasteiger partial charge in [0.2, 0.25) is 17.6 Å². The summed E-state index contributed by atoms with van der Waals surface area (Å²) in [4.78, 5) is 34.7. The van der Waals surface area contributed by atoms with Gasteiger partial charge in [-0.25, -0.2) is 4.79 Å². The number of carbonyl (C=O) groups excluding carboxylic acids is 2. The average Bonchev–Trinajstić information content (AvgIpc) is 2.66. The van der Waals surface area contributed by atoms with E-state index in [2.05, 4.69) is 10.6 Å². The van der Waals surface area contributed by atoms with Gasteiger partial charge in [-0.2, -0.15) is 0 Å². The summed E-state index contributed by atoms with van der Waals surface area (Å²) in [6, 6.07) is -1.17. The van der Waals surface area contributed by atoms with Crippen LogP contribution in [0.1, 0.15) is 39.0 Å². The second-order valence-electron chi connectivity index (χ2n) is 7.27. The standard InChI is InChI=1S/C18H28N2O8/c1-9(21)20-14-11(22)7-13(18(26)27)28-16(14)15(24)12(23)8-19-17(25)10-5-3-2-4-6-10/h7,10-12,14-16,22-24H,2-6,8H2,1H3,(H,19,25)(H,20,21)(H,26,27)/t11?,12-,14+,15-,16?/m0/s1. The van der Waals surface area contributed by atoms with Gasteiger partial charge in [0, 0.05) is 19.4 Å². The lowest BCUT2D eigenvalue weighted by molar-refractivity contribution is -0.148. The van der Waals surface area contributed by atoms with Crippen molar-refractivity contribution in [3.05, 3.63) is 11.8 Å². The Bertz CT molecular complexity index is 617. The third kappa shape index (κ3) is 5.66. The molecular formula is C18H28N2O8. The molecular weight excluding hydrogens is 372 g/mol. The molecule has 2 unspecified atom stereocenters. The zero-order chi connectivity index (χ0) is 20.8. The van der Waals surface area contributed by atoms with Gasteiger partial charge < -0.3 is 35.8 Å². The number of hydrogen-bond donors (Lipinski definition) is 6. The van der Waals surface area contributed by atoms with E-state index >= 15 is 0 Å². The molecule has 5 atom stereocenters. The first-order valence-corrected chi connectivity index (χ1v) is 9.41. The fourth-order valence-corrected chi connectivity index (χ4v) is 3.57. The van der Waals surface area contributed by atoms with Crippen LogP contribution in [0.25, 0.3) is 0 Å². The lowest BCUT2D eigenvalue weighted by Gasteiger charge is -2.38. The summed E-state index contributed by atoms with van der Waals surface area (Å²) in [7, 11) is 0. The summed E-state index contributed by atoms with van der Waals surface area (Å²) in [5, 5.41) is 44.9. The van der Waals surface area contributed by atoms with E-state index in [1.807, 2.05) is 0 Å². The number of aliphatic hydroxyl groups excluding tert-OH is 3. The van der Waals surface area contributed by atoms with Crippen molar-refractivity contribution in [2.75, 3.05) is 6.54 Å². The molecule has 158 valence electrons. The first kappa shape index (κ1) is 22.1. The summed E-state index contributed by atoms with van der Waals surface area (Å²) in [5.74, 6) is -2.93. The van der Waals surface area contributed by atoms with Crippen LogP contribution in [-0.2, 0) is 19.1 Å². The zero-order valence-corrected chi connectivity index (χ0v) is 15.7. The molecule has 0 spiro atoms. The van der Waals surface area contributed by atoms with Gasteiger partial charge in [-0.15, -0.1) is 0 Å². The van der Waals surface area contributed by atoms with Crippen molar-refractivity contribution in [1.29, 1.82) is 0 Å². The van der Waals surface area contributed by atoms with Gasteiger partial charge in [0.15, 0.2) is 6.10 Å². The van der Waals surface area contributed by atoms with Gasteiger partial charge in [-0.1, -0.05) is 19.3 Å². The number of ether oxygens (including phenoxy) is 1. The van der Waals surface area contributed by atoms with Gasteiger partial charge in [0.1, 0.15) is 18.3 Å². The first-order chi connectivity index (χ1) is 13.2. The number of aliphatic hydroxyl groups is 3. The maximum Gasteiger partial charge on any atom is 0.370 e. The first-order valence-electron chi connectivity index (χ1n) is 9.41. The quantitative estimate of drug-likeness (QED) is 0.305. The fourth-order valence-electron chi connectivity index (χ4n) is 3.57. The van der Waals surface area contributed by atoms with Crippen molar-refractivity contribution in [3.8, 4) is 0 Å². The number of aliphatic carboxylic acids is 1. The fraction of sp³-hybridized carbons (Fsp3) is 0.722. The molecule has 0 saturated heterocycles. The van der Waals surface area contributed by atoms with E-state index in [0.29, 0.717) is 0 Å². The zero-order valence-electron chi connectivity index (χ0n) is 15.7. The van der Waals surface area contributed by atoms with E-state index in [-0.39, 0.29) is 18.4 Å². The van der Waals surface area contributed by atoms with Crippen molar-refractivity contribution in [2.45, 2.75) is 69.5 Å². The van der Waals surface area contributed by atoms with Crippen LogP contribution in [0.3, 0.4) is 0 Å². The monoisotopic (exact) mass is 400 g/mol. The molecule has 28 heavy (non-hydrogen) atoms. The third-order valence-corrected chi connectivity index (χ3v) is 5.08. The van der Waals surface area contributed by atoms with Crippen LogP contribution in [0.2, 0.25) is 0 Å². The van der Waals surface area contributed by atoms with Gasteiger partial charge >= 0.3 is 5.97 Å². The predicted molar refractivity (Wildman–Crippen MR) is 95.8 cm³/mol. The van der Waals surface area contributed by atoms with E-state index < -0.39 is 48.1 Å². The van der Waals surface area contributed by atoms with Gasteiger partial charge in [0.05, 0.1) is 6.04 Å². The minimum atomic E-state index is -1.67. The minimum absolute atomic E-state index is 0.125. The van der Waals surface area contributed by atoms with Crippen LogP contribution >= 0.6 is 0 Å². The average molecular weight is 400 g/mol. The molecule has 0 aromatic carbocycles. The Morgan fingerprint density at radius 2 is 1.86 bits per heavy atom. The molecule has 0 radical (unpaired) electrons. The molecule has 1 saturated carbocycles. The van der Waals surface area contributed by atoms with Crippen LogP contribution < -0.4 is 10.6 Å². The molecule has 0 aromatic heterocycles. The van der Waals surface area contributed by atoms with E-state index in [9.17, 15) is 29.7 Å². The van der Waals surface area contributed by atoms with Crippen molar-refractivity contribution in [3.63, 3.8) is 0 Å². The second kappa shape index (κ2) is 9.85. The highest BCUT2D eigenvalue weighted by Crippen LogP contribution is 2.24. The Balaban J connectivity index is 2.02. The molecule has 2 amide bonds. The lowest BCUT2D eigenvalue weighted by Crippen LogP contribution is -2.60. The highest BCUT2D eigenvalue weighted by atomic mass is 16.5. The van der Waals surface area contributed by atoms with Crippen LogP contribution in [-0.4, -0.2) is 75.2 Å². The van der Waals surface area contributed by atoms with E-state index in [0.717, 1.165) is 38.2 Å². The highest BCUT2D eigenvalue weighted by Gasteiger charge is 2.43. The maximum absolute atomic E-state index is 12.2. The molecule has 1 aliphatic carbocycles. The molecule has 6 N–H and O–H groups in total. The maximum atomic E-state index is 12.2. The molecule has 2 aliphatic rings. The van der Waals surface area contributed by atoms with Crippen LogP contribution in [0, 0.1) is 5.92 Å². The van der Waals surface area contributed by atoms with Crippen LogP contribution in [0.15, 0.2) is 11.8 Å². The molecule has 10 nitrogen and oxygen atoms in total. The topological polar surface area (TPSA) is 165 Å².